The molecule has 0 saturated heterocycles. The van der Waals surface area contributed by atoms with Gasteiger partial charge in [-0.05, 0) is 30.3 Å². The standard InChI is InChI=1S/C17H15N3O3/c18-10-12-2-1-3-14(8-12)20-17(21)11-19-13-4-5-15-16(9-13)23-7-6-22-15/h1-5,8-9,19H,6-7,11H2,(H,20,21). The molecule has 0 atom stereocenters. The Morgan fingerprint density at radius 1 is 1.09 bits per heavy atom. The Kier molecular flexibility index (Phi) is 4.29. The molecule has 6 heteroatoms. The van der Waals surface area contributed by atoms with Crippen LogP contribution in [0.5, 0.6) is 11.5 Å². The average molecular weight is 309 g/mol. The Bertz CT molecular complexity index is 768. The summed E-state index contributed by atoms with van der Waals surface area (Å²) in [4.78, 5) is 12.0. The lowest BCUT2D eigenvalue weighted by Crippen LogP contribution is -2.22. The van der Waals surface area contributed by atoms with Crippen molar-refractivity contribution in [2.24, 2.45) is 0 Å². The lowest BCUT2D eigenvalue weighted by molar-refractivity contribution is -0.114. The number of hydrogen-bond acceptors (Lipinski definition) is 5. The fourth-order valence-corrected chi connectivity index (χ4v) is 2.21. The van der Waals surface area contributed by atoms with Crippen LogP contribution in [0.25, 0.3) is 0 Å². The number of hydrogen-bond donors (Lipinski definition) is 2. The molecule has 1 heterocycles. The number of carbonyl (C=O) groups is 1. The molecule has 1 amide bonds. The van der Waals surface area contributed by atoms with Crippen molar-refractivity contribution in [3.8, 4) is 17.6 Å². The number of fused-ring (bicyclic) bond motifs is 1. The van der Waals surface area contributed by atoms with Gasteiger partial charge in [-0.15, -0.1) is 0 Å². The summed E-state index contributed by atoms with van der Waals surface area (Å²) in [6.07, 6.45) is 0. The van der Waals surface area contributed by atoms with Gasteiger partial charge in [0.1, 0.15) is 13.2 Å². The Morgan fingerprint density at radius 2 is 1.91 bits per heavy atom. The Balaban J connectivity index is 1.57. The third-order valence-electron chi connectivity index (χ3n) is 3.27. The van der Waals surface area contributed by atoms with Crippen molar-refractivity contribution in [3.05, 3.63) is 48.0 Å². The van der Waals surface area contributed by atoms with Crippen LogP contribution in [0.1, 0.15) is 5.56 Å². The number of carbonyl (C=O) groups excluding carboxylic acids is 1. The van der Waals surface area contributed by atoms with E-state index in [1.807, 2.05) is 18.2 Å². The van der Waals surface area contributed by atoms with E-state index >= 15 is 0 Å². The van der Waals surface area contributed by atoms with Crippen molar-refractivity contribution in [2.45, 2.75) is 0 Å². The first kappa shape index (κ1) is 14.7. The van der Waals surface area contributed by atoms with Crippen LogP contribution in [0.2, 0.25) is 0 Å². The number of nitrogens with zero attached hydrogens (tertiary/aromatic N) is 1. The lowest BCUT2D eigenvalue weighted by Gasteiger charge is -2.19. The third kappa shape index (κ3) is 3.71. The number of benzene rings is 2. The second-order valence-electron chi connectivity index (χ2n) is 4.95. The highest BCUT2D eigenvalue weighted by Crippen LogP contribution is 2.32. The van der Waals surface area contributed by atoms with Gasteiger partial charge >= 0.3 is 0 Å². The minimum absolute atomic E-state index is 0.108. The molecule has 0 radical (unpaired) electrons. The molecule has 0 saturated carbocycles. The van der Waals surface area contributed by atoms with Crippen molar-refractivity contribution in [3.63, 3.8) is 0 Å². The van der Waals surface area contributed by atoms with Gasteiger partial charge in [0.25, 0.3) is 0 Å². The minimum atomic E-state index is -0.199. The fourth-order valence-electron chi connectivity index (χ4n) is 2.21. The van der Waals surface area contributed by atoms with E-state index in [1.165, 1.54) is 0 Å². The number of ether oxygens (including phenoxy) is 2. The molecule has 0 fully saturated rings. The van der Waals surface area contributed by atoms with E-state index in [4.69, 9.17) is 14.7 Å². The van der Waals surface area contributed by atoms with Gasteiger partial charge in [0.15, 0.2) is 11.5 Å². The summed E-state index contributed by atoms with van der Waals surface area (Å²) in [7, 11) is 0. The monoisotopic (exact) mass is 309 g/mol. The van der Waals surface area contributed by atoms with Gasteiger partial charge < -0.3 is 20.1 Å². The highest BCUT2D eigenvalue weighted by molar-refractivity contribution is 5.93. The second kappa shape index (κ2) is 6.71. The van der Waals surface area contributed by atoms with Gasteiger partial charge in [-0.25, -0.2) is 0 Å². The quantitative estimate of drug-likeness (QED) is 0.906. The maximum atomic E-state index is 12.0. The number of nitrogens with one attached hydrogen (secondary N) is 2. The fraction of sp³-hybridized carbons (Fsp3) is 0.176. The van der Waals surface area contributed by atoms with Crippen molar-refractivity contribution >= 4 is 17.3 Å². The summed E-state index contributed by atoms with van der Waals surface area (Å²) in [5.41, 5.74) is 1.87. The maximum absolute atomic E-state index is 12.0. The summed E-state index contributed by atoms with van der Waals surface area (Å²) in [5.74, 6) is 1.18. The van der Waals surface area contributed by atoms with Crippen LogP contribution >= 0.6 is 0 Å². The molecule has 1 aliphatic rings. The molecule has 0 aromatic heterocycles. The van der Waals surface area contributed by atoms with Gasteiger partial charge in [0, 0.05) is 17.4 Å². The Morgan fingerprint density at radius 3 is 2.74 bits per heavy atom. The molecule has 0 aliphatic carbocycles. The van der Waals surface area contributed by atoms with Crippen LogP contribution in [0.3, 0.4) is 0 Å². The Hall–Kier alpha value is -3.20. The maximum Gasteiger partial charge on any atom is 0.243 e. The first-order valence-corrected chi connectivity index (χ1v) is 7.18. The van der Waals surface area contributed by atoms with Crippen LogP contribution < -0.4 is 20.1 Å². The number of nitriles is 1. The van der Waals surface area contributed by atoms with Gasteiger partial charge in [0.2, 0.25) is 5.91 Å². The van der Waals surface area contributed by atoms with Crippen molar-refractivity contribution in [1.82, 2.24) is 0 Å². The first-order valence-electron chi connectivity index (χ1n) is 7.18. The smallest absolute Gasteiger partial charge is 0.243 e. The van der Waals surface area contributed by atoms with Gasteiger partial charge in [-0.3, -0.25) is 4.79 Å². The van der Waals surface area contributed by atoms with Gasteiger partial charge in [0.05, 0.1) is 18.2 Å². The summed E-state index contributed by atoms with van der Waals surface area (Å²) >= 11 is 0. The molecule has 6 nitrogen and oxygen atoms in total. The first-order chi connectivity index (χ1) is 11.2. The largest absolute Gasteiger partial charge is 0.486 e. The topological polar surface area (TPSA) is 83.4 Å². The van der Waals surface area contributed by atoms with E-state index in [0.717, 1.165) is 5.69 Å². The van der Waals surface area contributed by atoms with E-state index in [2.05, 4.69) is 10.6 Å². The minimum Gasteiger partial charge on any atom is -0.486 e. The van der Waals surface area contributed by atoms with Gasteiger partial charge in [-0.1, -0.05) is 6.07 Å². The van der Waals surface area contributed by atoms with Crippen LogP contribution in [-0.4, -0.2) is 25.7 Å². The van der Waals surface area contributed by atoms with Crippen molar-refractivity contribution in [2.75, 3.05) is 30.4 Å². The SMILES string of the molecule is N#Cc1cccc(NC(=O)CNc2ccc3c(c2)OCCO3)c1. The van der Waals surface area contributed by atoms with Crippen molar-refractivity contribution in [1.29, 1.82) is 5.26 Å². The summed E-state index contributed by atoms with van der Waals surface area (Å²) in [6.45, 7) is 1.17. The number of rotatable bonds is 4. The highest BCUT2D eigenvalue weighted by Gasteiger charge is 2.12. The van der Waals surface area contributed by atoms with E-state index in [0.29, 0.717) is 36.0 Å². The highest BCUT2D eigenvalue weighted by atomic mass is 16.6. The molecule has 2 N–H and O–H groups in total. The lowest BCUT2D eigenvalue weighted by atomic mass is 10.2. The normalized spacial score (nSPS) is 12.1. The number of anilines is 2. The second-order valence-corrected chi connectivity index (χ2v) is 4.95. The molecule has 0 unspecified atom stereocenters. The zero-order valence-corrected chi connectivity index (χ0v) is 12.3. The average Bonchev–Trinajstić information content (AvgIpc) is 2.60. The van der Waals surface area contributed by atoms with E-state index in [-0.39, 0.29) is 12.5 Å². The summed E-state index contributed by atoms with van der Waals surface area (Å²) in [6, 6.07) is 14.3. The molecule has 0 bridgehead atoms. The zero-order chi connectivity index (χ0) is 16.1. The van der Waals surface area contributed by atoms with Crippen LogP contribution in [0, 0.1) is 11.3 Å². The molecular formula is C17H15N3O3. The van der Waals surface area contributed by atoms with E-state index in [9.17, 15) is 4.79 Å². The van der Waals surface area contributed by atoms with Crippen LogP contribution in [0.4, 0.5) is 11.4 Å². The molecule has 23 heavy (non-hydrogen) atoms. The third-order valence-corrected chi connectivity index (χ3v) is 3.27. The molecule has 3 rings (SSSR count). The summed E-state index contributed by atoms with van der Waals surface area (Å²) in [5, 5.41) is 14.6. The molecule has 2 aromatic rings. The predicted molar refractivity (Wildman–Crippen MR) is 85.7 cm³/mol. The summed E-state index contributed by atoms with van der Waals surface area (Å²) < 4.78 is 10.9. The molecule has 1 aliphatic heterocycles. The van der Waals surface area contributed by atoms with Crippen molar-refractivity contribution < 1.29 is 14.3 Å². The predicted octanol–water partition coefficient (Wildman–Crippen LogP) is 2.38. The molecule has 0 spiro atoms. The molecular weight excluding hydrogens is 294 g/mol. The Labute approximate surface area is 133 Å². The van der Waals surface area contributed by atoms with Crippen LogP contribution in [-0.2, 0) is 4.79 Å². The van der Waals surface area contributed by atoms with Gasteiger partial charge in [-0.2, -0.15) is 5.26 Å². The molecule has 116 valence electrons. The van der Waals surface area contributed by atoms with E-state index < -0.39 is 0 Å². The number of amides is 1. The molecule has 2 aromatic carbocycles. The zero-order valence-electron chi connectivity index (χ0n) is 12.3. The van der Waals surface area contributed by atoms with Crippen LogP contribution in [0.15, 0.2) is 42.5 Å². The van der Waals surface area contributed by atoms with E-state index in [1.54, 1.807) is 30.3 Å².